The van der Waals surface area contributed by atoms with Gasteiger partial charge in [-0.2, -0.15) is 12.6 Å². The first-order valence-corrected chi connectivity index (χ1v) is 8.26. The molecule has 1 amide bonds. The number of aliphatic hydroxyl groups is 1. The van der Waals surface area contributed by atoms with Crippen molar-refractivity contribution in [2.75, 3.05) is 34.3 Å². The number of thioether (sulfide) groups is 3. The minimum absolute atomic E-state index is 0.0455. The van der Waals surface area contributed by atoms with Crippen molar-refractivity contribution >= 4 is 54.0 Å². The van der Waals surface area contributed by atoms with E-state index in [2.05, 4.69) is 22.7 Å². The molecule has 0 rings (SSSR count). The SMILES string of the molecule is O=C(NCSCSCSCS)OCCO. The van der Waals surface area contributed by atoms with Crippen molar-refractivity contribution in [1.29, 1.82) is 0 Å². The molecule has 0 aromatic heterocycles. The van der Waals surface area contributed by atoms with Gasteiger partial charge in [0.25, 0.3) is 0 Å². The fraction of sp³-hybridized carbons (Fsp3) is 0.857. The monoisotopic (exact) mass is 289 g/mol. The molecule has 0 aliphatic rings. The molecule has 2 N–H and O–H groups in total. The van der Waals surface area contributed by atoms with Gasteiger partial charge in [-0.25, -0.2) is 4.79 Å². The van der Waals surface area contributed by atoms with Gasteiger partial charge in [0.1, 0.15) is 6.61 Å². The van der Waals surface area contributed by atoms with Crippen LogP contribution in [-0.2, 0) is 4.74 Å². The van der Waals surface area contributed by atoms with Crippen LogP contribution in [0.3, 0.4) is 0 Å². The molecular formula is C7H15NO3S4. The van der Waals surface area contributed by atoms with Crippen molar-refractivity contribution in [2.45, 2.75) is 0 Å². The Balaban J connectivity index is 3.06. The number of aliphatic hydroxyl groups excluding tert-OH is 1. The second-order valence-electron chi connectivity index (χ2n) is 2.16. The fourth-order valence-corrected chi connectivity index (χ4v) is 3.88. The van der Waals surface area contributed by atoms with Gasteiger partial charge in [0.15, 0.2) is 0 Å². The molecule has 0 radical (unpaired) electrons. The molecule has 8 heteroatoms. The number of carbonyl (C=O) groups excluding carboxylic acids is 1. The Kier molecular flexibility index (Phi) is 13.2. The molecule has 0 fully saturated rings. The fourth-order valence-electron chi connectivity index (χ4n) is 0.530. The molecule has 0 bridgehead atoms. The highest BCUT2D eigenvalue weighted by molar-refractivity contribution is 8.24. The van der Waals surface area contributed by atoms with Gasteiger partial charge < -0.3 is 15.2 Å². The average molecular weight is 289 g/mol. The van der Waals surface area contributed by atoms with E-state index >= 15 is 0 Å². The lowest BCUT2D eigenvalue weighted by atomic mass is 10.8. The molecule has 0 atom stereocenters. The quantitative estimate of drug-likeness (QED) is 0.341. The van der Waals surface area contributed by atoms with Crippen molar-refractivity contribution in [3.63, 3.8) is 0 Å². The highest BCUT2D eigenvalue weighted by Crippen LogP contribution is 2.17. The zero-order chi connectivity index (χ0) is 11.4. The lowest BCUT2D eigenvalue weighted by Crippen LogP contribution is -2.24. The predicted octanol–water partition coefficient (Wildman–Crippen LogP) is 1.66. The van der Waals surface area contributed by atoms with Crippen molar-refractivity contribution in [2.24, 2.45) is 0 Å². The number of hydrogen-bond donors (Lipinski definition) is 3. The molecule has 15 heavy (non-hydrogen) atoms. The number of carbonyl (C=O) groups is 1. The van der Waals surface area contributed by atoms with Crippen molar-refractivity contribution in [3.05, 3.63) is 0 Å². The summed E-state index contributed by atoms with van der Waals surface area (Å²) in [6.45, 7) is -0.0960. The Labute approximate surface area is 108 Å². The van der Waals surface area contributed by atoms with Gasteiger partial charge in [0, 0.05) is 15.3 Å². The third-order valence-corrected chi connectivity index (χ3v) is 4.81. The third-order valence-electron chi connectivity index (χ3n) is 1.07. The average Bonchev–Trinajstić information content (AvgIpc) is 2.25. The van der Waals surface area contributed by atoms with Crippen LogP contribution in [0.1, 0.15) is 0 Å². The minimum Gasteiger partial charge on any atom is -0.447 e. The first-order chi connectivity index (χ1) is 7.31. The van der Waals surface area contributed by atoms with E-state index in [1.807, 2.05) is 0 Å². The number of rotatable bonds is 9. The van der Waals surface area contributed by atoms with Crippen LogP contribution in [0.4, 0.5) is 4.79 Å². The van der Waals surface area contributed by atoms with Crippen LogP contribution < -0.4 is 5.32 Å². The highest BCUT2D eigenvalue weighted by atomic mass is 32.2. The van der Waals surface area contributed by atoms with Gasteiger partial charge in [0.2, 0.25) is 0 Å². The second kappa shape index (κ2) is 12.7. The minimum atomic E-state index is -0.480. The molecule has 0 saturated heterocycles. The maximum Gasteiger partial charge on any atom is 0.407 e. The zero-order valence-electron chi connectivity index (χ0n) is 8.18. The normalized spacial score (nSPS) is 10.0. The zero-order valence-corrected chi connectivity index (χ0v) is 11.5. The molecular weight excluding hydrogens is 274 g/mol. The Morgan fingerprint density at radius 2 is 2.07 bits per heavy atom. The molecule has 4 nitrogen and oxygen atoms in total. The number of alkyl carbamates (subject to hydrolysis) is 1. The smallest absolute Gasteiger partial charge is 0.407 e. The van der Waals surface area contributed by atoms with E-state index in [1.165, 1.54) is 0 Å². The van der Waals surface area contributed by atoms with E-state index < -0.39 is 6.09 Å². The Morgan fingerprint density at radius 3 is 2.73 bits per heavy atom. The van der Waals surface area contributed by atoms with Crippen molar-refractivity contribution < 1.29 is 14.6 Å². The number of nitrogens with one attached hydrogen (secondary N) is 1. The molecule has 0 aliphatic heterocycles. The highest BCUT2D eigenvalue weighted by Gasteiger charge is 1.99. The predicted molar refractivity (Wildman–Crippen MR) is 72.8 cm³/mol. The summed E-state index contributed by atoms with van der Waals surface area (Å²) >= 11 is 9.24. The van der Waals surface area contributed by atoms with Crippen LogP contribution in [0.2, 0.25) is 0 Å². The molecule has 0 spiro atoms. The maximum atomic E-state index is 10.9. The summed E-state index contributed by atoms with van der Waals surface area (Å²) in [4.78, 5) is 10.9. The Bertz CT molecular complexity index is 161. The molecule has 0 aromatic rings. The van der Waals surface area contributed by atoms with Crippen LogP contribution in [0.5, 0.6) is 0 Å². The topological polar surface area (TPSA) is 58.6 Å². The van der Waals surface area contributed by atoms with E-state index in [4.69, 9.17) is 5.11 Å². The van der Waals surface area contributed by atoms with E-state index in [0.717, 1.165) is 15.3 Å². The molecule has 0 heterocycles. The van der Waals surface area contributed by atoms with Crippen LogP contribution in [0.15, 0.2) is 0 Å². The summed E-state index contributed by atoms with van der Waals surface area (Å²) in [5, 5.41) is 13.7. The van der Waals surface area contributed by atoms with Crippen LogP contribution >= 0.6 is 47.9 Å². The second-order valence-corrected chi connectivity index (χ2v) is 6.59. The Hall–Kier alpha value is 0.630. The van der Waals surface area contributed by atoms with Gasteiger partial charge in [-0.15, -0.1) is 35.3 Å². The Morgan fingerprint density at radius 1 is 1.33 bits per heavy atom. The van der Waals surface area contributed by atoms with Gasteiger partial charge in [-0.3, -0.25) is 0 Å². The lowest BCUT2D eigenvalue weighted by molar-refractivity contribution is 0.120. The summed E-state index contributed by atoms with van der Waals surface area (Å²) in [6.07, 6.45) is -0.480. The third kappa shape index (κ3) is 12.6. The van der Waals surface area contributed by atoms with Crippen LogP contribution in [0.25, 0.3) is 0 Å². The van der Waals surface area contributed by atoms with Gasteiger partial charge in [-0.1, -0.05) is 0 Å². The van der Waals surface area contributed by atoms with Crippen molar-refractivity contribution in [3.8, 4) is 0 Å². The summed E-state index contributed by atoms with van der Waals surface area (Å²) < 4.78 is 4.60. The standard InChI is InChI=1S/C7H15NO3S4/c9-1-2-11-7(10)8-3-13-5-15-6-14-4-12/h9,12H,1-6H2,(H,8,10). The number of thiol groups is 1. The van der Waals surface area contributed by atoms with Gasteiger partial charge >= 0.3 is 6.09 Å². The van der Waals surface area contributed by atoms with Gasteiger partial charge in [-0.05, 0) is 0 Å². The number of hydrogen-bond acceptors (Lipinski definition) is 7. The first-order valence-electron chi connectivity index (χ1n) is 4.16. The largest absolute Gasteiger partial charge is 0.447 e. The number of ether oxygens (including phenoxy) is 1. The summed E-state index contributed by atoms with van der Waals surface area (Å²) in [5.41, 5.74) is 0. The summed E-state index contributed by atoms with van der Waals surface area (Å²) in [5.74, 6) is 0.531. The first kappa shape index (κ1) is 15.6. The summed E-state index contributed by atoms with van der Waals surface area (Å²) in [6, 6.07) is 0. The lowest BCUT2D eigenvalue weighted by Gasteiger charge is -2.05. The molecule has 90 valence electrons. The molecule has 0 aromatic carbocycles. The van der Waals surface area contributed by atoms with Gasteiger partial charge in [0.05, 0.1) is 12.5 Å². The van der Waals surface area contributed by atoms with Crippen molar-refractivity contribution in [1.82, 2.24) is 5.32 Å². The molecule has 0 aliphatic carbocycles. The molecule has 0 unspecified atom stereocenters. The van der Waals surface area contributed by atoms with Crippen LogP contribution in [0, 0.1) is 0 Å². The number of amides is 1. The maximum absolute atomic E-state index is 10.9. The molecule has 0 saturated carbocycles. The van der Waals surface area contributed by atoms with E-state index in [1.54, 1.807) is 35.3 Å². The summed E-state index contributed by atoms with van der Waals surface area (Å²) in [7, 11) is 0. The van der Waals surface area contributed by atoms with Crippen LogP contribution in [-0.4, -0.2) is 45.5 Å². The van der Waals surface area contributed by atoms with E-state index in [9.17, 15) is 4.79 Å². The van der Waals surface area contributed by atoms with E-state index in [-0.39, 0.29) is 13.2 Å². The van der Waals surface area contributed by atoms with E-state index in [0.29, 0.717) is 5.88 Å².